The number of alkyl halides is 10. The van der Waals surface area contributed by atoms with Crippen LogP contribution >= 0.6 is 23.2 Å². The molecule has 1 amide bonds. The van der Waals surface area contributed by atoms with E-state index in [4.69, 9.17) is 42.5 Å². The second kappa shape index (κ2) is 15.3. The number of amides is 1. The Labute approximate surface area is 327 Å². The van der Waals surface area contributed by atoms with E-state index < -0.39 is 107 Å². The van der Waals surface area contributed by atoms with E-state index in [1.807, 2.05) is 6.07 Å². The van der Waals surface area contributed by atoms with Crippen molar-refractivity contribution >= 4 is 47.2 Å². The lowest BCUT2D eigenvalue weighted by atomic mass is 9.93. The summed E-state index contributed by atoms with van der Waals surface area (Å²) >= 11 is 12.2. The van der Waals surface area contributed by atoms with Gasteiger partial charge >= 0.3 is 42.5 Å². The van der Waals surface area contributed by atoms with Crippen LogP contribution in [0.2, 0.25) is 10.0 Å². The van der Waals surface area contributed by atoms with Crippen molar-refractivity contribution in [2.45, 2.75) is 55.6 Å². The summed E-state index contributed by atoms with van der Waals surface area (Å²) in [5.41, 5.74) is -13.2. The molecular weight excluding hydrogens is 857 g/mol. The molecule has 2 aliphatic rings. The molecule has 13 nitrogen and oxygen atoms in total. The van der Waals surface area contributed by atoms with E-state index in [1.165, 1.54) is 6.07 Å². The number of rotatable bonds is 13. The van der Waals surface area contributed by atoms with E-state index in [0.29, 0.717) is 4.68 Å². The maximum Gasteiger partial charge on any atom is 0.573 e. The van der Waals surface area contributed by atoms with Gasteiger partial charge in [0, 0.05) is 17.3 Å². The number of carboxylic acid groups (broad SMARTS) is 1. The number of aromatic nitrogens is 2. The van der Waals surface area contributed by atoms with Crippen molar-refractivity contribution in [3.05, 3.63) is 63.9 Å². The minimum atomic E-state index is -6.71. The molecule has 2 saturated carbocycles. The summed E-state index contributed by atoms with van der Waals surface area (Å²) in [4.78, 5) is 50.1. The molecule has 0 aliphatic heterocycles. The number of hydrogen-bond donors (Lipinski definition) is 1. The maximum absolute atomic E-state index is 14.8. The molecule has 1 N–H and O–H groups in total. The van der Waals surface area contributed by atoms with E-state index in [9.17, 15) is 68.3 Å². The summed E-state index contributed by atoms with van der Waals surface area (Å²) in [7, 11) is 0. The number of hydrogen-bond acceptors (Lipinski definition) is 10. The van der Waals surface area contributed by atoms with Crippen LogP contribution in [0.25, 0.3) is 16.8 Å². The van der Waals surface area contributed by atoms with Crippen molar-refractivity contribution in [1.29, 1.82) is 5.26 Å². The fraction of sp³-hybridized carbons (Fsp3) is 0.394. The Morgan fingerprint density at radius 1 is 0.862 bits per heavy atom. The van der Waals surface area contributed by atoms with Gasteiger partial charge < -0.3 is 24.1 Å². The summed E-state index contributed by atoms with van der Waals surface area (Å²) < 4.78 is 154. The van der Waals surface area contributed by atoms with Crippen molar-refractivity contribution < 1.29 is 87.1 Å². The summed E-state index contributed by atoms with van der Waals surface area (Å²) in [6.07, 6.45) is -18.4. The van der Waals surface area contributed by atoms with E-state index >= 15 is 0 Å². The van der Waals surface area contributed by atoms with Crippen LogP contribution in [0, 0.1) is 16.7 Å². The molecule has 25 heteroatoms. The predicted octanol–water partition coefficient (Wildman–Crippen LogP) is 8.05. The first-order chi connectivity index (χ1) is 26.8. The first-order valence-electron chi connectivity index (χ1n) is 16.0. The van der Waals surface area contributed by atoms with Gasteiger partial charge in [-0.1, -0.05) is 29.3 Å². The molecule has 2 fully saturated rings. The quantitative estimate of drug-likeness (QED) is 0.0580. The Bertz CT molecular complexity index is 2160. The molecule has 0 atom stereocenters. The zero-order valence-corrected chi connectivity index (χ0v) is 30.0. The number of carboxylic acids is 1. The molecule has 2 aliphatic carbocycles. The zero-order valence-electron chi connectivity index (χ0n) is 28.5. The Kier molecular flexibility index (Phi) is 11.5. The van der Waals surface area contributed by atoms with Gasteiger partial charge in [-0.15, -0.1) is 13.2 Å². The molecule has 2 aromatic carbocycles. The van der Waals surface area contributed by atoms with E-state index in [-0.39, 0.29) is 53.5 Å². The number of aliphatic carboxylic acids is 1. The number of esters is 1. The van der Waals surface area contributed by atoms with Crippen LogP contribution < -0.4 is 4.74 Å². The normalized spacial score (nSPS) is 15.8. The third kappa shape index (κ3) is 8.52. The molecule has 312 valence electrons. The number of nitrogens with zero attached hydrogens (tertiary/aromatic N) is 4. The summed E-state index contributed by atoms with van der Waals surface area (Å²) in [6.45, 7) is -1.99. The van der Waals surface area contributed by atoms with Crippen molar-refractivity contribution in [3.8, 4) is 28.6 Å². The number of carbonyl (C=O) groups excluding carboxylic acids is 3. The fourth-order valence-electron chi connectivity index (χ4n) is 5.42. The van der Waals surface area contributed by atoms with Crippen molar-refractivity contribution in [2.75, 3.05) is 19.9 Å². The van der Waals surface area contributed by atoms with Crippen LogP contribution in [-0.2, 0) is 29.5 Å². The lowest BCUT2D eigenvalue weighted by Gasteiger charge is -2.31. The number of benzene rings is 2. The average molecular weight is 879 g/mol. The molecule has 1 aromatic heterocycles. The van der Waals surface area contributed by atoms with Gasteiger partial charge in [0.25, 0.3) is 5.91 Å². The fourth-order valence-corrected chi connectivity index (χ4v) is 5.91. The standard InChI is InChI=1S/C33H22Cl2F10N4O9/c34-20-2-1-16(9-19(20)24(50)48(28(14-46)3-4-28)15-57-27(54)56-8-7-55-26(53)29(5-6-29)25(51)52)17-12-47-49(13-17)23-21(35)10-18(11-22(23)58-33(43,44)45)30(36,31(37,38)39)32(40,41)42/h1-2,9-13H,3-8,15H2,(H,51,52). The highest BCUT2D eigenvalue weighted by atomic mass is 35.5. The number of halogens is 12. The number of carbonyl (C=O) groups is 4. The third-order valence-electron chi connectivity index (χ3n) is 8.87. The van der Waals surface area contributed by atoms with E-state index in [0.717, 1.165) is 29.4 Å². The van der Waals surface area contributed by atoms with Crippen LogP contribution in [-0.4, -0.2) is 88.0 Å². The number of nitriles is 1. The lowest BCUT2D eigenvalue weighted by Crippen LogP contribution is -2.50. The molecule has 0 spiro atoms. The van der Waals surface area contributed by atoms with Gasteiger partial charge in [0.2, 0.25) is 0 Å². The lowest BCUT2D eigenvalue weighted by molar-refractivity contribution is -0.348. The van der Waals surface area contributed by atoms with Crippen LogP contribution in [0.3, 0.4) is 0 Å². The van der Waals surface area contributed by atoms with Crippen molar-refractivity contribution in [1.82, 2.24) is 14.7 Å². The molecule has 0 saturated heterocycles. The van der Waals surface area contributed by atoms with Gasteiger partial charge in [-0.25, -0.2) is 13.9 Å². The van der Waals surface area contributed by atoms with Gasteiger partial charge in [-0.05, 0) is 55.5 Å². The molecular formula is C33H22Cl2F10N4O9. The minimum Gasteiger partial charge on any atom is -0.480 e. The summed E-state index contributed by atoms with van der Waals surface area (Å²) in [6, 6.07) is 4.76. The van der Waals surface area contributed by atoms with Crippen molar-refractivity contribution in [3.63, 3.8) is 0 Å². The highest BCUT2D eigenvalue weighted by Gasteiger charge is 2.73. The molecule has 0 bridgehead atoms. The SMILES string of the molecule is N#CC1(N(COC(=O)OCCOC(=O)C2(C(=O)O)CC2)C(=O)c2cc(-c3cnn(-c4c(Cl)cc(C(F)(C(F)(F)F)C(F)(F)F)cc4OC(F)(F)F)c3)ccc2Cl)CC1. The van der Waals surface area contributed by atoms with Gasteiger partial charge in [0.05, 0.1) is 27.9 Å². The predicted molar refractivity (Wildman–Crippen MR) is 172 cm³/mol. The molecule has 0 unspecified atom stereocenters. The second-order valence-corrected chi connectivity index (χ2v) is 13.5. The van der Waals surface area contributed by atoms with E-state index in [1.54, 1.807) is 0 Å². The Hall–Kier alpha value is -5.50. The molecule has 3 aromatic rings. The van der Waals surface area contributed by atoms with Crippen LogP contribution in [0.4, 0.5) is 48.7 Å². The summed E-state index contributed by atoms with van der Waals surface area (Å²) in [5, 5.41) is 21.2. The Morgan fingerprint density at radius 3 is 2.02 bits per heavy atom. The third-order valence-corrected chi connectivity index (χ3v) is 9.48. The van der Waals surface area contributed by atoms with Gasteiger partial charge in [0.15, 0.2) is 17.9 Å². The zero-order chi connectivity index (χ0) is 43.2. The van der Waals surface area contributed by atoms with Crippen LogP contribution in [0.15, 0.2) is 42.7 Å². The average Bonchev–Trinajstić information content (AvgIpc) is 4.04. The second-order valence-electron chi connectivity index (χ2n) is 12.6. The van der Waals surface area contributed by atoms with Crippen LogP contribution in [0.5, 0.6) is 5.75 Å². The minimum absolute atomic E-state index is 0.00876. The van der Waals surface area contributed by atoms with Crippen LogP contribution in [0.1, 0.15) is 41.6 Å². The Balaban J connectivity index is 1.38. The maximum atomic E-state index is 14.8. The van der Waals surface area contributed by atoms with Gasteiger partial charge in [-0.3, -0.25) is 19.3 Å². The monoisotopic (exact) mass is 878 g/mol. The Morgan fingerprint density at radius 2 is 1.48 bits per heavy atom. The molecule has 1 heterocycles. The highest BCUT2D eigenvalue weighted by molar-refractivity contribution is 6.34. The van der Waals surface area contributed by atoms with Gasteiger partial charge in [0.1, 0.15) is 24.4 Å². The van der Waals surface area contributed by atoms with E-state index in [2.05, 4.69) is 9.84 Å². The number of ether oxygens (including phenoxy) is 4. The molecule has 5 rings (SSSR count). The molecule has 0 radical (unpaired) electrons. The first-order valence-corrected chi connectivity index (χ1v) is 16.8. The topological polar surface area (TPSA) is 170 Å². The van der Waals surface area contributed by atoms with Gasteiger partial charge in [-0.2, -0.15) is 36.7 Å². The summed E-state index contributed by atoms with van der Waals surface area (Å²) in [5.74, 6) is -5.19. The molecule has 58 heavy (non-hydrogen) atoms. The largest absolute Gasteiger partial charge is 0.573 e. The highest BCUT2D eigenvalue weighted by Crippen LogP contribution is 2.55. The first kappa shape index (κ1) is 43.6. The smallest absolute Gasteiger partial charge is 0.480 e. The van der Waals surface area contributed by atoms with Crippen molar-refractivity contribution in [2.24, 2.45) is 5.41 Å².